The van der Waals surface area contributed by atoms with Gasteiger partial charge in [0, 0.05) is 26.2 Å². The predicted molar refractivity (Wildman–Crippen MR) is 101 cm³/mol. The van der Waals surface area contributed by atoms with Crippen molar-refractivity contribution >= 4 is 24.8 Å². The number of benzene rings is 1. The van der Waals surface area contributed by atoms with E-state index in [9.17, 15) is 17.3 Å². The summed E-state index contributed by atoms with van der Waals surface area (Å²) >= 11 is 0. The van der Waals surface area contributed by atoms with Crippen LogP contribution in [0.3, 0.4) is 0 Å². The third-order valence-corrected chi connectivity index (χ3v) is 3.70. The molecule has 0 spiro atoms. The maximum atomic E-state index is 9.75. The first-order valence-corrected chi connectivity index (χ1v) is 8.87. The molecule has 1 N–H and O–H groups in total. The minimum Gasteiger partial charge on any atom is -0.418 e. The summed E-state index contributed by atoms with van der Waals surface area (Å²) in [6, 6.07) is 10.3. The summed E-state index contributed by atoms with van der Waals surface area (Å²) in [6.07, 6.45) is 2.28. The second-order valence-electron chi connectivity index (χ2n) is 5.72. The SMILES string of the molecule is CCCC[n+]1c(C)nc(N(CC)c2ccccc2)nc1NC.F[B-](F)(F)F. The van der Waals surface area contributed by atoms with Crippen molar-refractivity contribution in [1.82, 2.24) is 9.97 Å². The molecule has 0 saturated heterocycles. The molecule has 1 aromatic carbocycles. The van der Waals surface area contributed by atoms with Gasteiger partial charge in [-0.3, -0.25) is 10.2 Å². The van der Waals surface area contributed by atoms with E-state index < -0.39 is 7.25 Å². The zero-order valence-electron chi connectivity index (χ0n) is 16.1. The number of halogens is 4. The summed E-state index contributed by atoms with van der Waals surface area (Å²) in [5, 5.41) is 3.20. The summed E-state index contributed by atoms with van der Waals surface area (Å²) in [4.78, 5) is 11.6. The first kappa shape index (κ1) is 22.7. The number of hydrogen-bond donors (Lipinski definition) is 1. The largest absolute Gasteiger partial charge is 0.673 e. The highest BCUT2D eigenvalue weighted by Crippen LogP contribution is 2.21. The van der Waals surface area contributed by atoms with Crippen molar-refractivity contribution in [3.05, 3.63) is 36.2 Å². The standard InChI is InChI=1S/C17H25N5.BF4/c1-5-7-13-22-14(3)19-17(20-16(22)18-4)21(6-2)15-11-9-8-10-12-15;2-1(3,4)5/h8-12H,5-7,13H2,1-4H3;/q;-1/p+1. The highest BCUT2D eigenvalue weighted by Gasteiger charge is 2.22. The van der Waals surface area contributed by atoms with Crippen molar-refractivity contribution < 1.29 is 21.8 Å². The van der Waals surface area contributed by atoms with Gasteiger partial charge in [-0.05, 0) is 25.5 Å². The molecule has 2 aromatic rings. The first-order valence-electron chi connectivity index (χ1n) is 8.87. The summed E-state index contributed by atoms with van der Waals surface area (Å²) in [7, 11) is -4.09. The summed E-state index contributed by atoms with van der Waals surface area (Å²) in [5.74, 6) is 2.59. The van der Waals surface area contributed by atoms with Gasteiger partial charge in [0.15, 0.2) is 0 Å². The molecule has 1 heterocycles. The van der Waals surface area contributed by atoms with E-state index in [-0.39, 0.29) is 0 Å². The Morgan fingerprint density at radius 2 is 1.67 bits per heavy atom. The van der Waals surface area contributed by atoms with E-state index in [0.717, 1.165) is 49.3 Å². The van der Waals surface area contributed by atoms with E-state index in [1.807, 2.05) is 32.2 Å². The number of unbranched alkanes of at least 4 members (excludes halogenated alkanes) is 1. The van der Waals surface area contributed by atoms with E-state index in [1.165, 1.54) is 0 Å². The van der Waals surface area contributed by atoms with Gasteiger partial charge in [0.2, 0.25) is 5.82 Å². The maximum absolute atomic E-state index is 9.75. The number of hydrogen-bond acceptors (Lipinski definition) is 4. The molecule has 0 bridgehead atoms. The lowest BCUT2D eigenvalue weighted by Gasteiger charge is -2.19. The zero-order chi connectivity index (χ0) is 20.4. The van der Waals surface area contributed by atoms with Gasteiger partial charge < -0.3 is 17.3 Å². The molecule has 10 heteroatoms. The van der Waals surface area contributed by atoms with E-state index in [4.69, 9.17) is 9.97 Å². The number of aryl methyl sites for hydroxylation is 1. The Balaban J connectivity index is 0.000000646. The van der Waals surface area contributed by atoms with E-state index in [2.05, 4.69) is 40.8 Å². The van der Waals surface area contributed by atoms with Crippen LogP contribution >= 0.6 is 0 Å². The number of nitrogens with zero attached hydrogens (tertiary/aromatic N) is 4. The highest BCUT2D eigenvalue weighted by atomic mass is 19.5. The van der Waals surface area contributed by atoms with Crippen LogP contribution in [-0.2, 0) is 6.54 Å². The van der Waals surface area contributed by atoms with Crippen LogP contribution in [0, 0.1) is 6.92 Å². The lowest BCUT2D eigenvalue weighted by molar-refractivity contribution is -0.694. The van der Waals surface area contributed by atoms with Crippen LogP contribution in [0.5, 0.6) is 0 Å². The Morgan fingerprint density at radius 1 is 1.07 bits per heavy atom. The van der Waals surface area contributed by atoms with Crippen LogP contribution in [0.2, 0.25) is 0 Å². The molecule has 0 aliphatic heterocycles. The minimum atomic E-state index is -6.00. The van der Waals surface area contributed by atoms with E-state index in [1.54, 1.807) is 0 Å². The number of nitrogens with one attached hydrogen (secondary N) is 1. The lowest BCUT2D eigenvalue weighted by Crippen LogP contribution is -2.43. The van der Waals surface area contributed by atoms with E-state index in [0.29, 0.717) is 0 Å². The predicted octanol–water partition coefficient (Wildman–Crippen LogP) is 4.37. The Morgan fingerprint density at radius 3 is 2.15 bits per heavy atom. The van der Waals surface area contributed by atoms with Crippen LogP contribution in [0.4, 0.5) is 34.8 Å². The summed E-state index contributed by atoms with van der Waals surface area (Å²) in [6.45, 7) is 8.11. The third-order valence-electron chi connectivity index (χ3n) is 3.70. The molecule has 1 aromatic heterocycles. The molecule has 0 amide bonds. The van der Waals surface area contributed by atoms with Gasteiger partial charge in [-0.25, -0.2) is 4.57 Å². The molecule has 0 aliphatic carbocycles. The Hall–Kier alpha value is -2.39. The van der Waals surface area contributed by atoms with Gasteiger partial charge in [-0.1, -0.05) is 41.5 Å². The molecule has 0 unspecified atom stereocenters. The fourth-order valence-electron chi connectivity index (χ4n) is 2.48. The molecule has 0 aliphatic rings. The van der Waals surface area contributed by atoms with Crippen molar-refractivity contribution in [3.8, 4) is 0 Å². The highest BCUT2D eigenvalue weighted by molar-refractivity contribution is 6.50. The smallest absolute Gasteiger partial charge is 0.418 e. The fourth-order valence-corrected chi connectivity index (χ4v) is 2.48. The average Bonchev–Trinajstić information content (AvgIpc) is 2.60. The van der Waals surface area contributed by atoms with Gasteiger partial charge in [0.05, 0.1) is 6.54 Å². The Kier molecular flexibility index (Phi) is 8.97. The van der Waals surface area contributed by atoms with Crippen molar-refractivity contribution in [2.45, 2.75) is 40.2 Å². The molecule has 5 nitrogen and oxygen atoms in total. The maximum Gasteiger partial charge on any atom is 0.673 e. The fraction of sp³-hybridized carbons (Fsp3) is 0.471. The summed E-state index contributed by atoms with van der Waals surface area (Å²) < 4.78 is 41.1. The van der Waals surface area contributed by atoms with Crippen molar-refractivity contribution in [2.24, 2.45) is 0 Å². The second kappa shape index (κ2) is 10.7. The monoisotopic (exact) mass is 387 g/mol. The molecule has 0 saturated carbocycles. The lowest BCUT2D eigenvalue weighted by atomic mass is 10.3. The van der Waals surface area contributed by atoms with Gasteiger partial charge in [0.1, 0.15) is 0 Å². The van der Waals surface area contributed by atoms with Crippen LogP contribution in [0.25, 0.3) is 0 Å². The van der Waals surface area contributed by atoms with Crippen LogP contribution in [0.1, 0.15) is 32.5 Å². The minimum absolute atomic E-state index is 0.739. The number of para-hydroxylation sites is 1. The average molecular weight is 387 g/mol. The Labute approximate surface area is 157 Å². The molecule has 2 rings (SSSR count). The quantitative estimate of drug-likeness (QED) is 0.435. The molecule has 0 atom stereocenters. The van der Waals surface area contributed by atoms with Gasteiger partial charge in [0.25, 0.3) is 0 Å². The number of rotatable bonds is 7. The number of aromatic nitrogens is 3. The molecule has 150 valence electrons. The van der Waals surface area contributed by atoms with Crippen LogP contribution in [0.15, 0.2) is 30.3 Å². The zero-order valence-corrected chi connectivity index (χ0v) is 16.1. The Bertz CT molecular complexity index is 692. The van der Waals surface area contributed by atoms with Crippen LogP contribution in [-0.4, -0.2) is 30.8 Å². The van der Waals surface area contributed by atoms with E-state index >= 15 is 0 Å². The topological polar surface area (TPSA) is 44.9 Å². The van der Waals surface area contributed by atoms with Gasteiger partial charge >= 0.3 is 19.2 Å². The third kappa shape index (κ3) is 7.80. The molecule has 0 fully saturated rings. The van der Waals surface area contributed by atoms with Crippen molar-refractivity contribution in [3.63, 3.8) is 0 Å². The molecule has 0 radical (unpaired) electrons. The second-order valence-corrected chi connectivity index (χ2v) is 5.72. The van der Waals surface area contributed by atoms with Crippen LogP contribution < -0.4 is 14.8 Å². The van der Waals surface area contributed by atoms with Gasteiger partial charge in [-0.2, -0.15) is 0 Å². The normalized spacial score (nSPS) is 10.8. The van der Waals surface area contributed by atoms with Crippen molar-refractivity contribution in [1.29, 1.82) is 0 Å². The summed E-state index contributed by atoms with van der Waals surface area (Å²) in [5.41, 5.74) is 1.11. The van der Waals surface area contributed by atoms with Crippen molar-refractivity contribution in [2.75, 3.05) is 23.8 Å². The number of anilines is 3. The molecular weight excluding hydrogens is 361 g/mol. The molecular formula is C17H26BF4N5. The first-order chi connectivity index (χ1) is 12.7. The molecule has 27 heavy (non-hydrogen) atoms. The van der Waals surface area contributed by atoms with Gasteiger partial charge in [-0.15, -0.1) is 0 Å².